The summed E-state index contributed by atoms with van der Waals surface area (Å²) < 4.78 is 12.2. The Morgan fingerprint density at radius 1 is 1.03 bits per heavy atom. The minimum atomic E-state index is -0.447. The van der Waals surface area contributed by atoms with E-state index in [1.54, 1.807) is 0 Å². The SMILES string of the molecule is CN(CC=O)CCN(C)CCOc1ccc2c(c1)C(C)(C)c1oc3ccccc3c1C2=O. The molecular formula is C26H30N2O4. The number of nitrogens with zero attached hydrogens (tertiary/aromatic N) is 2. The average Bonchev–Trinajstić information content (AvgIpc) is 3.18. The number of hydrogen-bond donors (Lipinski definition) is 0. The quantitative estimate of drug-likeness (QED) is 0.478. The van der Waals surface area contributed by atoms with Crippen molar-refractivity contribution in [1.29, 1.82) is 0 Å². The van der Waals surface area contributed by atoms with Crippen LogP contribution in [0.25, 0.3) is 11.0 Å². The molecule has 0 atom stereocenters. The number of benzene rings is 2. The topological polar surface area (TPSA) is 63.0 Å². The fourth-order valence-corrected chi connectivity index (χ4v) is 4.29. The van der Waals surface area contributed by atoms with Gasteiger partial charge in [-0.25, -0.2) is 0 Å². The molecule has 0 saturated carbocycles. The third kappa shape index (κ3) is 4.08. The maximum absolute atomic E-state index is 13.3. The van der Waals surface area contributed by atoms with E-state index in [2.05, 4.69) is 18.7 Å². The summed E-state index contributed by atoms with van der Waals surface area (Å²) in [6.45, 7) is 7.61. The van der Waals surface area contributed by atoms with Gasteiger partial charge in [0.2, 0.25) is 0 Å². The first-order chi connectivity index (χ1) is 15.3. The van der Waals surface area contributed by atoms with E-state index in [4.69, 9.17) is 9.15 Å². The largest absolute Gasteiger partial charge is 0.492 e. The van der Waals surface area contributed by atoms with E-state index >= 15 is 0 Å². The van der Waals surface area contributed by atoms with Crippen LogP contribution in [-0.2, 0) is 10.2 Å². The number of aldehydes is 1. The van der Waals surface area contributed by atoms with E-state index in [0.717, 1.165) is 48.2 Å². The molecule has 1 aliphatic carbocycles. The lowest BCUT2D eigenvalue weighted by Gasteiger charge is -2.31. The van der Waals surface area contributed by atoms with E-state index in [1.165, 1.54) is 0 Å². The van der Waals surface area contributed by atoms with Crippen LogP contribution in [0.15, 0.2) is 46.9 Å². The number of ketones is 1. The van der Waals surface area contributed by atoms with Gasteiger partial charge in [-0.1, -0.05) is 18.2 Å². The van der Waals surface area contributed by atoms with Crippen LogP contribution in [0.5, 0.6) is 5.75 Å². The van der Waals surface area contributed by atoms with Gasteiger partial charge in [-0.3, -0.25) is 9.69 Å². The van der Waals surface area contributed by atoms with Crippen molar-refractivity contribution in [3.63, 3.8) is 0 Å². The van der Waals surface area contributed by atoms with Gasteiger partial charge in [-0.05, 0) is 57.8 Å². The van der Waals surface area contributed by atoms with E-state index in [0.29, 0.717) is 30.0 Å². The molecule has 1 aliphatic rings. The molecule has 0 bridgehead atoms. The molecule has 0 aliphatic heterocycles. The summed E-state index contributed by atoms with van der Waals surface area (Å²) >= 11 is 0. The van der Waals surface area contributed by atoms with Crippen LogP contribution in [0.2, 0.25) is 0 Å². The lowest BCUT2D eigenvalue weighted by molar-refractivity contribution is -0.108. The molecule has 4 rings (SSSR count). The summed E-state index contributed by atoms with van der Waals surface area (Å²) in [6, 6.07) is 13.4. The van der Waals surface area contributed by atoms with Gasteiger partial charge in [0.25, 0.3) is 0 Å². The van der Waals surface area contributed by atoms with Crippen LogP contribution >= 0.6 is 0 Å². The third-order valence-corrected chi connectivity index (χ3v) is 6.29. The Bertz CT molecular complexity index is 1150. The molecule has 0 fully saturated rings. The zero-order valence-electron chi connectivity index (χ0n) is 19.2. The van der Waals surface area contributed by atoms with Crippen molar-refractivity contribution in [1.82, 2.24) is 9.80 Å². The summed E-state index contributed by atoms with van der Waals surface area (Å²) in [7, 11) is 3.97. The lowest BCUT2D eigenvalue weighted by Crippen LogP contribution is -2.34. The Morgan fingerprint density at radius 3 is 2.56 bits per heavy atom. The Morgan fingerprint density at radius 2 is 1.78 bits per heavy atom. The highest BCUT2D eigenvalue weighted by Crippen LogP contribution is 2.46. The van der Waals surface area contributed by atoms with E-state index < -0.39 is 5.41 Å². The van der Waals surface area contributed by atoms with E-state index in [9.17, 15) is 9.59 Å². The van der Waals surface area contributed by atoms with Gasteiger partial charge in [-0.2, -0.15) is 0 Å². The molecule has 168 valence electrons. The fourth-order valence-electron chi connectivity index (χ4n) is 4.29. The van der Waals surface area contributed by atoms with Crippen molar-refractivity contribution in [3.05, 3.63) is 64.9 Å². The molecule has 0 radical (unpaired) electrons. The minimum Gasteiger partial charge on any atom is -0.492 e. The molecule has 1 aromatic heterocycles. The van der Waals surface area contributed by atoms with Crippen molar-refractivity contribution < 1.29 is 18.7 Å². The van der Waals surface area contributed by atoms with Gasteiger partial charge in [0.15, 0.2) is 5.78 Å². The van der Waals surface area contributed by atoms with Gasteiger partial charge in [-0.15, -0.1) is 0 Å². The second-order valence-corrected chi connectivity index (χ2v) is 9.04. The molecule has 0 amide bonds. The van der Waals surface area contributed by atoms with Crippen LogP contribution in [0.1, 0.15) is 41.1 Å². The van der Waals surface area contributed by atoms with Gasteiger partial charge in [0.1, 0.15) is 30.0 Å². The second kappa shape index (κ2) is 8.88. The normalized spacial score (nSPS) is 14.6. The van der Waals surface area contributed by atoms with Crippen LogP contribution in [-0.4, -0.2) is 68.8 Å². The first-order valence-corrected chi connectivity index (χ1v) is 11.0. The molecule has 0 N–H and O–H groups in total. The molecule has 32 heavy (non-hydrogen) atoms. The zero-order valence-corrected chi connectivity index (χ0v) is 19.2. The Labute approximate surface area is 188 Å². The number of likely N-dealkylation sites (N-methyl/N-ethyl adjacent to an activating group) is 2. The number of para-hydroxylation sites is 1. The van der Waals surface area contributed by atoms with E-state index in [-0.39, 0.29) is 5.78 Å². The predicted octanol–water partition coefficient (Wildman–Crippen LogP) is 3.74. The first-order valence-electron chi connectivity index (χ1n) is 11.0. The summed E-state index contributed by atoms with van der Waals surface area (Å²) in [5.41, 5.74) is 2.60. The number of carbonyl (C=O) groups excluding carboxylic acids is 2. The summed E-state index contributed by atoms with van der Waals surface area (Å²) in [4.78, 5) is 28.1. The zero-order chi connectivity index (χ0) is 22.9. The maximum atomic E-state index is 13.3. The Hall–Kier alpha value is -2.96. The fraction of sp³-hybridized carbons (Fsp3) is 0.385. The number of rotatable bonds is 9. The minimum absolute atomic E-state index is 0.00463. The Kier molecular flexibility index (Phi) is 6.17. The van der Waals surface area contributed by atoms with Crippen LogP contribution in [0, 0.1) is 0 Å². The van der Waals surface area contributed by atoms with Gasteiger partial charge < -0.3 is 18.8 Å². The molecular weight excluding hydrogens is 404 g/mol. The molecule has 0 spiro atoms. The maximum Gasteiger partial charge on any atom is 0.197 e. The molecule has 0 unspecified atom stereocenters. The molecule has 3 aromatic rings. The summed E-state index contributed by atoms with van der Waals surface area (Å²) in [5, 5.41) is 0.869. The number of hydrogen-bond acceptors (Lipinski definition) is 6. The van der Waals surface area contributed by atoms with Crippen molar-refractivity contribution in [3.8, 4) is 5.75 Å². The molecule has 2 aromatic carbocycles. The van der Waals surface area contributed by atoms with Crippen molar-refractivity contribution in [2.45, 2.75) is 19.3 Å². The van der Waals surface area contributed by atoms with E-state index in [1.807, 2.05) is 61.5 Å². The van der Waals surface area contributed by atoms with Crippen LogP contribution in [0.3, 0.4) is 0 Å². The third-order valence-electron chi connectivity index (χ3n) is 6.29. The lowest BCUT2D eigenvalue weighted by atomic mass is 9.72. The van der Waals surface area contributed by atoms with Crippen molar-refractivity contribution in [2.75, 3.05) is 46.9 Å². The molecule has 0 saturated heterocycles. The number of furan rings is 1. The molecule has 6 nitrogen and oxygen atoms in total. The summed E-state index contributed by atoms with van der Waals surface area (Å²) in [5.74, 6) is 1.47. The van der Waals surface area contributed by atoms with Crippen molar-refractivity contribution in [2.24, 2.45) is 0 Å². The highest BCUT2D eigenvalue weighted by molar-refractivity contribution is 6.19. The predicted molar refractivity (Wildman–Crippen MR) is 125 cm³/mol. The first kappa shape index (κ1) is 22.2. The Balaban J connectivity index is 1.48. The monoisotopic (exact) mass is 434 g/mol. The number of fused-ring (bicyclic) bond motifs is 4. The highest BCUT2D eigenvalue weighted by atomic mass is 16.5. The standard InChI is InChI=1S/C26H30N2O4/c1-26(2)21-17-18(31-16-14-28(4)12-11-27(3)13-15-29)9-10-19(21)24(30)23-20-7-5-6-8-22(20)32-25(23)26/h5-10,15,17H,11-14,16H2,1-4H3. The number of carbonyl (C=O) groups is 2. The highest BCUT2D eigenvalue weighted by Gasteiger charge is 2.41. The summed E-state index contributed by atoms with van der Waals surface area (Å²) in [6.07, 6.45) is 0.916. The van der Waals surface area contributed by atoms with Crippen LogP contribution < -0.4 is 4.74 Å². The van der Waals surface area contributed by atoms with Crippen LogP contribution in [0.4, 0.5) is 0 Å². The molecule has 1 heterocycles. The van der Waals surface area contributed by atoms with Gasteiger partial charge in [0, 0.05) is 36.0 Å². The van der Waals surface area contributed by atoms with Crippen molar-refractivity contribution >= 4 is 23.0 Å². The smallest absolute Gasteiger partial charge is 0.197 e. The van der Waals surface area contributed by atoms with Gasteiger partial charge >= 0.3 is 0 Å². The van der Waals surface area contributed by atoms with Gasteiger partial charge in [0.05, 0.1) is 12.1 Å². The second-order valence-electron chi connectivity index (χ2n) is 9.04. The number of ether oxygens (including phenoxy) is 1. The average molecular weight is 435 g/mol. The molecule has 6 heteroatoms.